The highest BCUT2D eigenvalue weighted by Gasteiger charge is 2.45. The minimum Gasteiger partial charge on any atom is -0.390 e. The lowest BCUT2D eigenvalue weighted by molar-refractivity contribution is -0.0596. The molecule has 0 spiro atoms. The lowest BCUT2D eigenvalue weighted by Crippen LogP contribution is -2.47. The molecule has 90 valence electrons. The molecule has 0 aromatic carbocycles. The molecule has 0 aromatic heterocycles. The molecule has 0 bridgehead atoms. The van der Waals surface area contributed by atoms with Crippen molar-refractivity contribution in [2.45, 2.75) is 18.6 Å². The topological polar surface area (TPSA) is 35.9 Å². The van der Waals surface area contributed by atoms with E-state index in [1.807, 2.05) is 35.1 Å². The first kappa shape index (κ1) is 12.9. The highest BCUT2D eigenvalue weighted by Crippen LogP contribution is 2.31. The van der Waals surface area contributed by atoms with Crippen molar-refractivity contribution >= 4 is 0 Å². The van der Waals surface area contributed by atoms with Gasteiger partial charge in [-0.2, -0.15) is 0 Å². The molecule has 1 heterocycles. The van der Waals surface area contributed by atoms with E-state index in [4.69, 9.17) is 4.74 Å². The molecule has 0 aliphatic carbocycles. The van der Waals surface area contributed by atoms with Crippen molar-refractivity contribution in [2.24, 2.45) is 5.92 Å². The summed E-state index contributed by atoms with van der Waals surface area (Å²) in [5.41, 5.74) is -0.413. The third-order valence-electron chi connectivity index (χ3n) is 2.93. The predicted molar refractivity (Wildman–Crippen MR) is 61.0 cm³/mol. The molecule has 0 aromatic rings. The summed E-state index contributed by atoms with van der Waals surface area (Å²) < 4.78 is 5.76. The van der Waals surface area contributed by atoms with E-state index in [9.17, 15) is 5.11 Å². The van der Waals surface area contributed by atoms with Crippen LogP contribution in [0.4, 0.5) is 0 Å². The van der Waals surface area contributed by atoms with Crippen LogP contribution in [0.25, 0.3) is 0 Å². The average molecular weight is 216 g/mol. The molecule has 1 N–H and O–H groups in total. The van der Waals surface area contributed by atoms with Gasteiger partial charge in [-0.15, -0.1) is 0 Å². The van der Waals surface area contributed by atoms with Crippen molar-refractivity contribution in [2.75, 3.05) is 47.9 Å². The Morgan fingerprint density at radius 2 is 1.87 bits per heavy atom. The lowest BCUT2D eigenvalue weighted by atomic mass is 9.91. The first-order valence-electron chi connectivity index (χ1n) is 5.46. The number of hydrogen-bond acceptors (Lipinski definition) is 4. The van der Waals surface area contributed by atoms with Crippen LogP contribution in [0.15, 0.2) is 0 Å². The third kappa shape index (κ3) is 3.14. The van der Waals surface area contributed by atoms with E-state index in [2.05, 4.69) is 9.80 Å². The Bertz CT molecular complexity index is 209. The minimum absolute atomic E-state index is 0.227. The first-order chi connectivity index (χ1) is 6.85. The molecular formula is C11H24N2O2. The number of likely N-dealkylation sites (N-methyl/N-ethyl adjacent to an activating group) is 1. The van der Waals surface area contributed by atoms with E-state index >= 15 is 0 Å². The molecule has 1 rings (SSSR count). The molecular weight excluding hydrogens is 192 g/mol. The predicted octanol–water partition coefficient (Wildman–Crippen LogP) is -0.124. The van der Waals surface area contributed by atoms with Crippen molar-refractivity contribution in [3.63, 3.8) is 0 Å². The average Bonchev–Trinajstić information content (AvgIpc) is 2.31. The van der Waals surface area contributed by atoms with E-state index in [0.29, 0.717) is 6.61 Å². The summed E-state index contributed by atoms with van der Waals surface area (Å²) in [6.07, 6.45) is -0.373. The minimum atomic E-state index is -0.413. The van der Waals surface area contributed by atoms with Gasteiger partial charge in [0.05, 0.1) is 12.7 Å². The highest BCUT2D eigenvalue weighted by atomic mass is 16.5. The second-order valence-electron chi connectivity index (χ2n) is 5.33. The van der Waals surface area contributed by atoms with Gasteiger partial charge in [-0.25, -0.2) is 0 Å². The molecule has 0 saturated carbocycles. The Hall–Kier alpha value is -0.160. The van der Waals surface area contributed by atoms with Gasteiger partial charge in [0.15, 0.2) is 0 Å². The second kappa shape index (κ2) is 4.78. The van der Waals surface area contributed by atoms with Crippen LogP contribution in [0, 0.1) is 5.92 Å². The van der Waals surface area contributed by atoms with Gasteiger partial charge in [-0.05, 0) is 35.1 Å². The van der Waals surface area contributed by atoms with Gasteiger partial charge in [0.1, 0.15) is 5.60 Å². The van der Waals surface area contributed by atoms with E-state index in [1.54, 1.807) is 0 Å². The van der Waals surface area contributed by atoms with Gasteiger partial charge in [-0.1, -0.05) is 0 Å². The maximum atomic E-state index is 10.2. The van der Waals surface area contributed by atoms with E-state index in [-0.39, 0.29) is 12.0 Å². The molecule has 0 amide bonds. The fraction of sp³-hybridized carbons (Fsp3) is 1.00. The number of rotatable bonds is 4. The summed E-state index contributed by atoms with van der Waals surface area (Å²) >= 11 is 0. The van der Waals surface area contributed by atoms with Gasteiger partial charge in [0.2, 0.25) is 0 Å². The molecule has 0 radical (unpaired) electrons. The van der Waals surface area contributed by atoms with Crippen LogP contribution >= 0.6 is 0 Å². The molecule has 1 aliphatic heterocycles. The van der Waals surface area contributed by atoms with Gasteiger partial charge >= 0.3 is 0 Å². The number of aliphatic hydroxyl groups is 1. The SMILES string of the molecule is CN(C)C[C@@H]1CO[C@](C)(CN(C)C)[C@@H]1O. The summed E-state index contributed by atoms with van der Waals surface area (Å²) in [5, 5.41) is 10.2. The molecule has 1 fully saturated rings. The summed E-state index contributed by atoms with van der Waals surface area (Å²) in [4.78, 5) is 4.15. The highest BCUT2D eigenvalue weighted by molar-refractivity contribution is 4.96. The Morgan fingerprint density at radius 1 is 1.27 bits per heavy atom. The summed E-state index contributed by atoms with van der Waals surface area (Å²) in [6, 6.07) is 0. The van der Waals surface area contributed by atoms with Crippen LogP contribution in [0.3, 0.4) is 0 Å². The van der Waals surface area contributed by atoms with E-state index in [1.165, 1.54) is 0 Å². The van der Waals surface area contributed by atoms with Crippen molar-refractivity contribution < 1.29 is 9.84 Å². The van der Waals surface area contributed by atoms with Gasteiger partial charge < -0.3 is 19.6 Å². The summed E-state index contributed by atoms with van der Waals surface area (Å²) in [7, 11) is 8.05. The fourth-order valence-corrected chi connectivity index (χ4v) is 2.36. The Labute approximate surface area is 92.8 Å². The Balaban J connectivity index is 2.57. The number of ether oxygens (including phenoxy) is 1. The second-order valence-corrected chi connectivity index (χ2v) is 5.33. The molecule has 3 atom stereocenters. The molecule has 4 heteroatoms. The van der Waals surface area contributed by atoms with Crippen LogP contribution < -0.4 is 0 Å². The van der Waals surface area contributed by atoms with Gasteiger partial charge in [0.25, 0.3) is 0 Å². The van der Waals surface area contributed by atoms with Crippen molar-refractivity contribution in [3.05, 3.63) is 0 Å². The lowest BCUT2D eigenvalue weighted by Gasteiger charge is -2.31. The normalized spacial score (nSPS) is 36.8. The summed E-state index contributed by atoms with van der Waals surface area (Å²) in [5.74, 6) is 0.227. The maximum absolute atomic E-state index is 10.2. The smallest absolute Gasteiger partial charge is 0.104 e. The molecule has 4 nitrogen and oxygen atoms in total. The van der Waals surface area contributed by atoms with Crippen molar-refractivity contribution in [3.8, 4) is 0 Å². The molecule has 1 saturated heterocycles. The van der Waals surface area contributed by atoms with Crippen LogP contribution in [-0.4, -0.2) is 74.5 Å². The number of nitrogens with zero attached hydrogens (tertiary/aromatic N) is 2. The zero-order valence-electron chi connectivity index (χ0n) is 10.5. The van der Waals surface area contributed by atoms with Crippen LogP contribution in [0.5, 0.6) is 0 Å². The van der Waals surface area contributed by atoms with Crippen molar-refractivity contribution in [1.82, 2.24) is 9.80 Å². The zero-order valence-corrected chi connectivity index (χ0v) is 10.5. The first-order valence-corrected chi connectivity index (χ1v) is 5.46. The van der Waals surface area contributed by atoms with E-state index < -0.39 is 5.60 Å². The standard InChI is InChI=1S/C11H24N2O2/c1-11(8-13(4)5)10(14)9(7-15-11)6-12(2)3/h9-10,14H,6-8H2,1-5H3/t9-,10-,11-/m1/s1. The van der Waals surface area contributed by atoms with Crippen LogP contribution in [0.1, 0.15) is 6.92 Å². The van der Waals surface area contributed by atoms with Crippen LogP contribution in [0.2, 0.25) is 0 Å². The molecule has 1 aliphatic rings. The third-order valence-corrected chi connectivity index (χ3v) is 2.93. The Kier molecular flexibility index (Phi) is 4.12. The maximum Gasteiger partial charge on any atom is 0.104 e. The van der Waals surface area contributed by atoms with Crippen molar-refractivity contribution in [1.29, 1.82) is 0 Å². The fourth-order valence-electron chi connectivity index (χ4n) is 2.36. The van der Waals surface area contributed by atoms with Crippen LogP contribution in [-0.2, 0) is 4.74 Å². The van der Waals surface area contributed by atoms with Gasteiger partial charge in [0, 0.05) is 19.0 Å². The van der Waals surface area contributed by atoms with E-state index in [0.717, 1.165) is 13.1 Å². The number of hydrogen-bond donors (Lipinski definition) is 1. The monoisotopic (exact) mass is 216 g/mol. The largest absolute Gasteiger partial charge is 0.390 e. The van der Waals surface area contributed by atoms with Gasteiger partial charge in [-0.3, -0.25) is 0 Å². The molecule has 15 heavy (non-hydrogen) atoms. The molecule has 0 unspecified atom stereocenters. The zero-order chi connectivity index (χ0) is 11.6. The summed E-state index contributed by atoms with van der Waals surface area (Å²) in [6.45, 7) is 4.29. The quantitative estimate of drug-likeness (QED) is 0.710. The number of aliphatic hydroxyl groups excluding tert-OH is 1. The Morgan fingerprint density at radius 3 is 2.33 bits per heavy atom.